The molecule has 0 aromatic heterocycles. The van der Waals surface area contributed by atoms with Crippen molar-refractivity contribution in [3.8, 4) is 16.9 Å². The molecule has 1 amide bonds. The molecule has 0 spiro atoms. The topological polar surface area (TPSA) is 114 Å². The Kier molecular flexibility index (Phi) is 8.71. The van der Waals surface area contributed by atoms with Gasteiger partial charge in [0.1, 0.15) is 18.4 Å². The number of nitrogens with one attached hydrogen (secondary N) is 1. The van der Waals surface area contributed by atoms with Gasteiger partial charge in [0.2, 0.25) is 0 Å². The second-order valence-corrected chi connectivity index (χ2v) is 10.2. The average Bonchev–Trinajstić information content (AvgIpc) is 3.30. The molecule has 4 aromatic carbocycles. The lowest BCUT2D eigenvalue weighted by Gasteiger charge is -2.18. The zero-order chi connectivity index (χ0) is 27.9. The fourth-order valence-corrected chi connectivity index (χ4v) is 5.34. The fraction of sp³-hybridized carbons (Fsp3) is 0.161. The van der Waals surface area contributed by atoms with Crippen LogP contribution in [0, 0.1) is 0 Å². The van der Waals surface area contributed by atoms with Gasteiger partial charge < -0.3 is 24.6 Å². The Morgan fingerprint density at radius 1 is 0.800 bits per heavy atom. The van der Waals surface area contributed by atoms with E-state index in [1.807, 2.05) is 78.9 Å². The molecular formula is C31H28NO7P. The summed E-state index contributed by atoms with van der Waals surface area (Å²) in [6, 6.07) is 30.8. The number of amides is 1. The molecule has 9 heteroatoms. The van der Waals surface area contributed by atoms with Gasteiger partial charge >= 0.3 is 20.7 Å². The molecule has 0 saturated carbocycles. The van der Waals surface area contributed by atoms with Gasteiger partial charge in [0.25, 0.3) is 0 Å². The molecule has 0 aliphatic heterocycles. The third kappa shape index (κ3) is 6.66. The lowest BCUT2D eigenvalue weighted by atomic mass is 9.98. The van der Waals surface area contributed by atoms with E-state index in [1.165, 1.54) is 0 Å². The molecule has 3 N–H and O–H groups in total. The largest absolute Gasteiger partial charge is 0.480 e. The van der Waals surface area contributed by atoms with E-state index in [0.29, 0.717) is 11.3 Å². The zero-order valence-electron chi connectivity index (χ0n) is 21.5. The van der Waals surface area contributed by atoms with Crippen molar-refractivity contribution in [1.82, 2.24) is 5.32 Å². The lowest BCUT2D eigenvalue weighted by Crippen LogP contribution is -2.42. The van der Waals surface area contributed by atoms with Crippen molar-refractivity contribution in [2.24, 2.45) is 0 Å². The number of ether oxygens (including phenoxy) is 1. The van der Waals surface area contributed by atoms with Gasteiger partial charge in [0.05, 0.1) is 6.61 Å². The predicted molar refractivity (Wildman–Crippen MR) is 151 cm³/mol. The van der Waals surface area contributed by atoms with E-state index in [9.17, 15) is 19.6 Å². The first-order valence-corrected chi connectivity index (χ1v) is 13.9. The van der Waals surface area contributed by atoms with Crippen LogP contribution in [0.15, 0.2) is 103 Å². The van der Waals surface area contributed by atoms with E-state index in [4.69, 9.17) is 13.8 Å². The van der Waals surface area contributed by atoms with Crippen LogP contribution >= 0.6 is 8.60 Å². The second-order valence-electron chi connectivity index (χ2n) is 9.30. The van der Waals surface area contributed by atoms with Crippen LogP contribution in [-0.2, 0) is 27.1 Å². The molecule has 0 heterocycles. The number of rotatable bonds is 11. The van der Waals surface area contributed by atoms with E-state index in [2.05, 4.69) is 5.32 Å². The smallest absolute Gasteiger partial charge is 0.407 e. The van der Waals surface area contributed by atoms with Crippen LogP contribution in [0.3, 0.4) is 0 Å². The monoisotopic (exact) mass is 557 g/mol. The molecule has 1 aliphatic rings. The average molecular weight is 558 g/mol. The van der Waals surface area contributed by atoms with Crippen LogP contribution in [0.1, 0.15) is 28.2 Å². The summed E-state index contributed by atoms with van der Waals surface area (Å²) in [5, 5.41) is 12.2. The van der Waals surface area contributed by atoms with Crippen molar-refractivity contribution in [3.63, 3.8) is 0 Å². The molecule has 204 valence electrons. The van der Waals surface area contributed by atoms with Crippen molar-refractivity contribution in [3.05, 3.63) is 125 Å². The number of fused-ring (bicyclic) bond motifs is 3. The van der Waals surface area contributed by atoms with E-state index < -0.39 is 26.7 Å². The molecule has 1 aliphatic carbocycles. The van der Waals surface area contributed by atoms with Crippen LogP contribution in [0.4, 0.5) is 4.79 Å². The van der Waals surface area contributed by atoms with Crippen LogP contribution in [0.5, 0.6) is 5.75 Å². The van der Waals surface area contributed by atoms with E-state index in [-0.39, 0.29) is 25.6 Å². The Hall–Kier alpha value is -4.23. The Bertz CT molecular complexity index is 1420. The molecule has 0 radical (unpaired) electrons. The Labute approximate surface area is 233 Å². The molecule has 0 bridgehead atoms. The van der Waals surface area contributed by atoms with Crippen molar-refractivity contribution in [2.45, 2.75) is 25.0 Å². The third-order valence-corrected chi connectivity index (χ3v) is 7.38. The minimum Gasteiger partial charge on any atom is -0.480 e. The molecule has 0 saturated heterocycles. The number of aliphatic carboxylic acids is 1. The van der Waals surface area contributed by atoms with Gasteiger partial charge in [-0.3, -0.25) is 4.52 Å². The number of carboxylic acids is 1. The Balaban J connectivity index is 1.13. The molecule has 4 aromatic rings. The molecule has 0 fully saturated rings. The first-order valence-electron chi connectivity index (χ1n) is 12.7. The van der Waals surface area contributed by atoms with Crippen LogP contribution in [0.25, 0.3) is 11.1 Å². The van der Waals surface area contributed by atoms with Gasteiger partial charge in [-0.25, -0.2) is 9.59 Å². The lowest BCUT2D eigenvalue weighted by molar-refractivity contribution is -0.139. The summed E-state index contributed by atoms with van der Waals surface area (Å²) in [5.74, 6) is -0.925. The summed E-state index contributed by atoms with van der Waals surface area (Å²) in [7, 11) is -2.14. The standard InChI is InChI=1S/C31H28NO7P/c33-30(34)29(18-21-14-16-23(17-15-21)39-40(36)38-19-22-8-2-1-3-9-22)32-31(35)37-20-28-26-12-6-4-10-24(26)25-11-5-7-13-27(25)28/h1-17,28-29,36H,18-20H2,(H,32,35)(H,33,34). The number of benzene rings is 4. The number of hydrogen-bond donors (Lipinski definition) is 3. The zero-order valence-corrected chi connectivity index (χ0v) is 22.4. The van der Waals surface area contributed by atoms with Gasteiger partial charge in [0, 0.05) is 12.3 Å². The van der Waals surface area contributed by atoms with Crippen molar-refractivity contribution in [2.75, 3.05) is 6.61 Å². The van der Waals surface area contributed by atoms with Crippen molar-refractivity contribution < 1.29 is 33.4 Å². The Morgan fingerprint density at radius 2 is 1.40 bits per heavy atom. The van der Waals surface area contributed by atoms with Crippen molar-refractivity contribution >= 4 is 20.7 Å². The molecule has 5 rings (SSSR count). The van der Waals surface area contributed by atoms with Gasteiger partial charge in [0.15, 0.2) is 0 Å². The summed E-state index contributed by atoms with van der Waals surface area (Å²) in [5.41, 5.74) is 5.94. The van der Waals surface area contributed by atoms with Gasteiger partial charge in [-0.05, 0) is 45.5 Å². The molecule has 8 nitrogen and oxygen atoms in total. The molecular weight excluding hydrogens is 529 g/mol. The summed E-state index contributed by atoms with van der Waals surface area (Å²) in [4.78, 5) is 34.6. The number of alkyl carbamates (subject to hydrolysis) is 1. The SMILES string of the molecule is O=C(NC(Cc1ccc(OP(O)OCc2ccccc2)cc1)C(=O)O)OCC1c2ccccc2-c2ccccc21. The minimum absolute atomic E-state index is 0.0399. The predicted octanol–water partition coefficient (Wildman–Crippen LogP) is 6.04. The van der Waals surface area contributed by atoms with Crippen LogP contribution in [0.2, 0.25) is 0 Å². The Morgan fingerprint density at radius 3 is 2.02 bits per heavy atom. The van der Waals surface area contributed by atoms with Gasteiger partial charge in [-0.15, -0.1) is 0 Å². The maximum absolute atomic E-state index is 12.6. The van der Waals surface area contributed by atoms with Crippen LogP contribution in [-0.4, -0.2) is 34.7 Å². The van der Waals surface area contributed by atoms with Crippen molar-refractivity contribution in [1.29, 1.82) is 0 Å². The van der Waals surface area contributed by atoms with E-state index >= 15 is 0 Å². The maximum atomic E-state index is 12.6. The highest BCUT2D eigenvalue weighted by atomic mass is 31.2. The second kappa shape index (κ2) is 12.7. The number of carboxylic acid groups (broad SMARTS) is 1. The minimum atomic E-state index is -2.14. The van der Waals surface area contributed by atoms with E-state index in [1.54, 1.807) is 24.3 Å². The number of hydrogen-bond acceptors (Lipinski definition) is 6. The molecule has 40 heavy (non-hydrogen) atoms. The number of carbonyl (C=O) groups excluding carboxylic acids is 1. The first kappa shape index (κ1) is 27.3. The quantitative estimate of drug-likeness (QED) is 0.193. The van der Waals surface area contributed by atoms with E-state index in [0.717, 1.165) is 27.8 Å². The van der Waals surface area contributed by atoms with Gasteiger partial charge in [-0.2, -0.15) is 0 Å². The molecule has 2 atom stereocenters. The summed E-state index contributed by atoms with van der Waals surface area (Å²) >= 11 is 0. The maximum Gasteiger partial charge on any atom is 0.407 e. The summed E-state index contributed by atoms with van der Waals surface area (Å²) in [6.45, 7) is 0.303. The van der Waals surface area contributed by atoms with Crippen LogP contribution < -0.4 is 9.84 Å². The fourth-order valence-electron chi connectivity index (χ4n) is 4.73. The van der Waals surface area contributed by atoms with Gasteiger partial charge in [-0.1, -0.05) is 91.0 Å². The highest BCUT2D eigenvalue weighted by Gasteiger charge is 2.29. The summed E-state index contributed by atoms with van der Waals surface area (Å²) < 4.78 is 16.3. The highest BCUT2D eigenvalue weighted by Crippen LogP contribution is 2.44. The summed E-state index contributed by atoms with van der Waals surface area (Å²) in [6.07, 6.45) is -0.756. The third-order valence-electron chi connectivity index (χ3n) is 6.67. The normalized spacial score (nSPS) is 13.5. The highest BCUT2D eigenvalue weighted by molar-refractivity contribution is 7.41. The number of carbonyl (C=O) groups is 2. The first-order chi connectivity index (χ1) is 19.5. The molecule has 2 unspecified atom stereocenters.